The summed E-state index contributed by atoms with van der Waals surface area (Å²) >= 11 is 1.08. The third kappa shape index (κ3) is 2.92. The van der Waals surface area contributed by atoms with Crippen molar-refractivity contribution < 1.29 is 9.18 Å². The number of halogens is 1. The molecule has 0 spiro atoms. The molecule has 0 aliphatic heterocycles. The van der Waals surface area contributed by atoms with Gasteiger partial charge in [0.25, 0.3) is 0 Å². The zero-order chi connectivity index (χ0) is 16.4. The molecule has 0 unspecified atom stereocenters. The minimum Gasteiger partial charge on any atom is -0.297 e. The molecular formula is C19H12FNOS. The van der Waals surface area contributed by atoms with E-state index in [1.54, 1.807) is 6.07 Å². The van der Waals surface area contributed by atoms with E-state index in [1.807, 2.05) is 43.3 Å². The van der Waals surface area contributed by atoms with Gasteiger partial charge in [-0.2, -0.15) is 5.26 Å². The topological polar surface area (TPSA) is 40.9 Å². The summed E-state index contributed by atoms with van der Waals surface area (Å²) in [4.78, 5) is 11.5. The molecule has 1 heterocycles. The highest BCUT2D eigenvalue weighted by Gasteiger charge is 2.12. The lowest BCUT2D eigenvalue weighted by molar-refractivity contribution is 0.112. The first-order chi connectivity index (χ1) is 11.1. The summed E-state index contributed by atoms with van der Waals surface area (Å²) in [5.41, 5.74) is 4.18. The molecule has 112 valence electrons. The van der Waals surface area contributed by atoms with Gasteiger partial charge in [-0.05, 0) is 35.7 Å². The molecule has 0 bridgehead atoms. The molecule has 3 aromatic rings. The smallest absolute Gasteiger partial charge is 0.163 e. The van der Waals surface area contributed by atoms with Crippen LogP contribution in [0.1, 0.15) is 20.8 Å². The van der Waals surface area contributed by atoms with E-state index < -0.39 is 5.82 Å². The van der Waals surface area contributed by atoms with Crippen molar-refractivity contribution in [3.8, 4) is 27.6 Å². The second-order valence-corrected chi connectivity index (χ2v) is 6.27. The lowest BCUT2D eigenvalue weighted by Crippen LogP contribution is -1.86. The summed E-state index contributed by atoms with van der Waals surface area (Å²) < 4.78 is 13.6. The molecule has 0 amide bonds. The Morgan fingerprint density at radius 2 is 1.96 bits per heavy atom. The van der Waals surface area contributed by atoms with Gasteiger partial charge in [-0.3, -0.25) is 4.79 Å². The SMILES string of the molecule is Cc1cccc(-c2ccc(-c3cc(F)c(C=O)s3)cc2C#N)c1. The summed E-state index contributed by atoms with van der Waals surface area (Å²) in [7, 11) is 0. The number of hydrogen-bond acceptors (Lipinski definition) is 3. The Morgan fingerprint density at radius 3 is 2.61 bits per heavy atom. The molecule has 1 aromatic heterocycles. The van der Waals surface area contributed by atoms with Gasteiger partial charge in [-0.15, -0.1) is 11.3 Å². The van der Waals surface area contributed by atoms with E-state index in [1.165, 1.54) is 6.07 Å². The van der Waals surface area contributed by atoms with Crippen molar-refractivity contribution in [1.82, 2.24) is 0 Å². The van der Waals surface area contributed by atoms with Gasteiger partial charge in [0.15, 0.2) is 6.29 Å². The first-order valence-electron chi connectivity index (χ1n) is 6.98. The van der Waals surface area contributed by atoms with E-state index in [0.29, 0.717) is 16.7 Å². The Bertz CT molecular complexity index is 937. The number of thiophene rings is 1. The number of aryl methyl sites for hydroxylation is 1. The van der Waals surface area contributed by atoms with E-state index in [9.17, 15) is 14.4 Å². The van der Waals surface area contributed by atoms with Crippen molar-refractivity contribution in [2.24, 2.45) is 0 Å². The van der Waals surface area contributed by atoms with Crippen molar-refractivity contribution in [3.63, 3.8) is 0 Å². The maximum absolute atomic E-state index is 13.6. The molecule has 3 rings (SSSR count). The van der Waals surface area contributed by atoms with E-state index >= 15 is 0 Å². The second kappa shape index (κ2) is 6.15. The van der Waals surface area contributed by atoms with Crippen LogP contribution in [0.15, 0.2) is 48.5 Å². The zero-order valence-electron chi connectivity index (χ0n) is 12.3. The average Bonchev–Trinajstić information content (AvgIpc) is 2.95. The van der Waals surface area contributed by atoms with Crippen LogP contribution in [0.2, 0.25) is 0 Å². The molecule has 0 aliphatic rings. The van der Waals surface area contributed by atoms with Gasteiger partial charge in [0, 0.05) is 4.88 Å². The normalized spacial score (nSPS) is 10.3. The van der Waals surface area contributed by atoms with Crippen molar-refractivity contribution >= 4 is 17.6 Å². The number of aldehydes is 1. The van der Waals surface area contributed by atoms with Crippen LogP contribution in [0.5, 0.6) is 0 Å². The van der Waals surface area contributed by atoms with Crippen LogP contribution in [0.4, 0.5) is 4.39 Å². The molecule has 23 heavy (non-hydrogen) atoms. The Morgan fingerprint density at radius 1 is 1.13 bits per heavy atom. The molecule has 0 N–H and O–H groups in total. The number of nitrogens with zero attached hydrogens (tertiary/aromatic N) is 1. The fourth-order valence-electron chi connectivity index (χ4n) is 2.46. The molecular weight excluding hydrogens is 309 g/mol. The lowest BCUT2D eigenvalue weighted by Gasteiger charge is -2.07. The molecule has 0 aliphatic carbocycles. The highest BCUT2D eigenvalue weighted by atomic mass is 32.1. The highest BCUT2D eigenvalue weighted by molar-refractivity contribution is 7.17. The van der Waals surface area contributed by atoms with E-state index in [2.05, 4.69) is 6.07 Å². The van der Waals surface area contributed by atoms with E-state index in [0.717, 1.165) is 33.6 Å². The molecule has 4 heteroatoms. The number of rotatable bonds is 3. The van der Waals surface area contributed by atoms with Gasteiger partial charge in [0.05, 0.1) is 11.6 Å². The van der Waals surface area contributed by atoms with Gasteiger partial charge in [-0.25, -0.2) is 4.39 Å². The highest BCUT2D eigenvalue weighted by Crippen LogP contribution is 2.33. The second-order valence-electron chi connectivity index (χ2n) is 5.18. The molecule has 2 nitrogen and oxygen atoms in total. The maximum Gasteiger partial charge on any atom is 0.163 e. The van der Waals surface area contributed by atoms with Crippen LogP contribution in [0.25, 0.3) is 21.6 Å². The average molecular weight is 321 g/mol. The standard InChI is InChI=1S/C19H12FNOS/c1-12-3-2-4-13(7-12)16-6-5-14(8-15(16)10-21)18-9-17(20)19(11-22)23-18/h2-9,11H,1H3. The van der Waals surface area contributed by atoms with Gasteiger partial charge in [0.2, 0.25) is 0 Å². The predicted molar refractivity (Wildman–Crippen MR) is 90.0 cm³/mol. The molecule has 0 radical (unpaired) electrons. The van der Waals surface area contributed by atoms with Crippen molar-refractivity contribution in [2.45, 2.75) is 6.92 Å². The summed E-state index contributed by atoms with van der Waals surface area (Å²) in [5, 5.41) is 9.45. The molecule has 0 saturated heterocycles. The van der Waals surface area contributed by atoms with Gasteiger partial charge < -0.3 is 0 Å². The van der Waals surface area contributed by atoms with Crippen molar-refractivity contribution in [2.75, 3.05) is 0 Å². The van der Waals surface area contributed by atoms with Crippen LogP contribution in [0, 0.1) is 24.1 Å². The lowest BCUT2D eigenvalue weighted by atomic mass is 9.96. The number of hydrogen-bond donors (Lipinski definition) is 0. The Hall–Kier alpha value is -2.77. The fourth-order valence-corrected chi connectivity index (χ4v) is 3.31. The molecule has 2 aromatic carbocycles. The first kappa shape index (κ1) is 15.1. The van der Waals surface area contributed by atoms with Crippen LogP contribution in [0.3, 0.4) is 0 Å². The zero-order valence-corrected chi connectivity index (χ0v) is 13.2. The minimum atomic E-state index is -0.527. The number of nitriles is 1. The first-order valence-corrected chi connectivity index (χ1v) is 7.80. The van der Waals surface area contributed by atoms with Crippen LogP contribution < -0.4 is 0 Å². The Labute approximate surface area is 137 Å². The van der Waals surface area contributed by atoms with E-state index in [4.69, 9.17) is 0 Å². The van der Waals surface area contributed by atoms with Gasteiger partial charge in [0.1, 0.15) is 10.7 Å². The molecule has 0 fully saturated rings. The van der Waals surface area contributed by atoms with Crippen molar-refractivity contribution in [1.29, 1.82) is 5.26 Å². The van der Waals surface area contributed by atoms with Crippen molar-refractivity contribution in [3.05, 3.63) is 70.4 Å². The van der Waals surface area contributed by atoms with Crippen LogP contribution in [-0.4, -0.2) is 6.29 Å². The third-order valence-electron chi connectivity index (χ3n) is 3.57. The largest absolute Gasteiger partial charge is 0.297 e. The van der Waals surface area contributed by atoms with Gasteiger partial charge >= 0.3 is 0 Å². The quantitative estimate of drug-likeness (QED) is 0.621. The molecule has 0 saturated carbocycles. The Balaban J connectivity index is 2.10. The number of benzene rings is 2. The predicted octanol–water partition coefficient (Wildman–Crippen LogP) is 5.21. The van der Waals surface area contributed by atoms with Crippen LogP contribution >= 0.6 is 11.3 Å². The number of carbonyl (C=O) groups excluding carboxylic acids is 1. The number of carbonyl (C=O) groups is 1. The summed E-state index contributed by atoms with van der Waals surface area (Å²) in [6.45, 7) is 2.00. The maximum atomic E-state index is 13.6. The third-order valence-corrected chi connectivity index (χ3v) is 4.66. The molecule has 0 atom stereocenters. The fraction of sp³-hybridized carbons (Fsp3) is 0.0526. The summed E-state index contributed by atoms with van der Waals surface area (Å²) in [6.07, 6.45) is 0.510. The van der Waals surface area contributed by atoms with E-state index in [-0.39, 0.29) is 4.88 Å². The monoisotopic (exact) mass is 321 g/mol. The van der Waals surface area contributed by atoms with Gasteiger partial charge in [-0.1, -0.05) is 42.0 Å². The Kier molecular flexibility index (Phi) is 4.05. The van der Waals surface area contributed by atoms with Crippen LogP contribution in [-0.2, 0) is 0 Å². The summed E-state index contributed by atoms with van der Waals surface area (Å²) in [6, 6.07) is 16.9. The summed E-state index contributed by atoms with van der Waals surface area (Å²) in [5.74, 6) is -0.527. The minimum absolute atomic E-state index is 0.0706.